The lowest BCUT2D eigenvalue weighted by Gasteiger charge is -2.33. The number of benzene rings is 2. The summed E-state index contributed by atoms with van der Waals surface area (Å²) in [6.45, 7) is 4.90. The predicted molar refractivity (Wildman–Crippen MR) is 108 cm³/mol. The molecule has 1 aliphatic heterocycles. The van der Waals surface area contributed by atoms with Crippen LogP contribution in [0.5, 0.6) is 5.75 Å². The van der Waals surface area contributed by atoms with Crippen LogP contribution >= 0.6 is 0 Å². The van der Waals surface area contributed by atoms with E-state index in [4.69, 9.17) is 4.74 Å². The van der Waals surface area contributed by atoms with E-state index in [-0.39, 0.29) is 17.3 Å². The number of piperazine rings is 1. The molecule has 29 heavy (non-hydrogen) atoms. The van der Waals surface area contributed by atoms with E-state index in [1.165, 1.54) is 34.6 Å². The summed E-state index contributed by atoms with van der Waals surface area (Å²) >= 11 is 0. The summed E-state index contributed by atoms with van der Waals surface area (Å²) in [6, 6.07) is 11.6. The van der Waals surface area contributed by atoms with E-state index in [1.807, 2.05) is 6.92 Å². The van der Waals surface area contributed by atoms with Gasteiger partial charge in [0, 0.05) is 37.9 Å². The van der Waals surface area contributed by atoms with Gasteiger partial charge in [0.2, 0.25) is 10.0 Å². The standard InChI is InChI=1S/C20H24FN3O4S/c1-2-23-9-11-24(12-10-23)29(26,27)19-8-4-6-17(14-19)22-20(25)15-28-18-7-3-5-16(21)13-18/h3-8,13-14H,2,9-12,15H2,1H3,(H,22,25). The number of ether oxygens (including phenoxy) is 1. The average molecular weight is 421 g/mol. The van der Waals surface area contributed by atoms with Crippen LogP contribution in [-0.2, 0) is 14.8 Å². The highest BCUT2D eigenvalue weighted by Crippen LogP contribution is 2.21. The number of hydrogen-bond donors (Lipinski definition) is 1. The Morgan fingerprint density at radius 3 is 2.52 bits per heavy atom. The second-order valence-electron chi connectivity index (χ2n) is 6.66. The van der Waals surface area contributed by atoms with Crippen LogP contribution in [0.1, 0.15) is 6.92 Å². The number of hydrogen-bond acceptors (Lipinski definition) is 5. The Morgan fingerprint density at radius 1 is 1.10 bits per heavy atom. The topological polar surface area (TPSA) is 79.0 Å². The molecule has 7 nitrogen and oxygen atoms in total. The van der Waals surface area contributed by atoms with Crippen molar-refractivity contribution in [1.82, 2.24) is 9.21 Å². The summed E-state index contributed by atoms with van der Waals surface area (Å²) < 4.78 is 45.7. The van der Waals surface area contributed by atoms with Crippen LogP contribution in [0.2, 0.25) is 0 Å². The molecule has 0 saturated carbocycles. The van der Waals surface area contributed by atoms with Gasteiger partial charge < -0.3 is 15.0 Å². The van der Waals surface area contributed by atoms with Gasteiger partial charge in [0.05, 0.1) is 4.90 Å². The number of carbonyl (C=O) groups excluding carboxylic acids is 1. The average Bonchev–Trinajstić information content (AvgIpc) is 2.72. The van der Waals surface area contributed by atoms with Gasteiger partial charge in [-0.1, -0.05) is 19.1 Å². The van der Waals surface area contributed by atoms with Crippen molar-refractivity contribution in [2.45, 2.75) is 11.8 Å². The lowest BCUT2D eigenvalue weighted by Crippen LogP contribution is -2.48. The predicted octanol–water partition coefficient (Wildman–Crippen LogP) is 2.17. The van der Waals surface area contributed by atoms with Gasteiger partial charge in [-0.05, 0) is 36.9 Å². The molecule has 0 bridgehead atoms. The molecule has 0 aromatic heterocycles. The molecule has 156 valence electrons. The Morgan fingerprint density at radius 2 is 1.83 bits per heavy atom. The fourth-order valence-corrected chi connectivity index (χ4v) is 4.54. The first-order valence-corrected chi connectivity index (χ1v) is 10.8. The van der Waals surface area contributed by atoms with Crippen molar-refractivity contribution in [3.05, 3.63) is 54.3 Å². The Hall–Kier alpha value is -2.49. The highest BCUT2D eigenvalue weighted by atomic mass is 32.2. The second kappa shape index (κ2) is 9.34. The number of nitrogens with one attached hydrogen (secondary N) is 1. The molecule has 0 atom stereocenters. The van der Waals surface area contributed by atoms with Crippen LogP contribution in [0.15, 0.2) is 53.4 Å². The first-order valence-electron chi connectivity index (χ1n) is 9.39. The van der Waals surface area contributed by atoms with E-state index in [1.54, 1.807) is 18.2 Å². The summed E-state index contributed by atoms with van der Waals surface area (Å²) in [6.07, 6.45) is 0. The van der Waals surface area contributed by atoms with E-state index in [0.29, 0.717) is 31.9 Å². The molecular weight excluding hydrogens is 397 g/mol. The Kier molecular flexibility index (Phi) is 6.83. The molecule has 1 fully saturated rings. The molecule has 0 spiro atoms. The molecule has 3 rings (SSSR count). The maximum Gasteiger partial charge on any atom is 0.262 e. The fourth-order valence-electron chi connectivity index (χ4n) is 3.07. The van der Waals surface area contributed by atoms with Gasteiger partial charge in [-0.3, -0.25) is 4.79 Å². The summed E-state index contributed by atoms with van der Waals surface area (Å²) in [5, 5.41) is 2.61. The molecule has 1 amide bonds. The molecule has 2 aromatic carbocycles. The Bertz CT molecular complexity index is 960. The smallest absolute Gasteiger partial charge is 0.262 e. The van der Waals surface area contributed by atoms with Gasteiger partial charge in [0.15, 0.2) is 6.61 Å². The second-order valence-corrected chi connectivity index (χ2v) is 8.60. The largest absolute Gasteiger partial charge is 0.484 e. The normalized spacial score (nSPS) is 15.8. The molecule has 0 aliphatic carbocycles. The highest BCUT2D eigenvalue weighted by Gasteiger charge is 2.28. The number of amides is 1. The Balaban J connectivity index is 1.62. The number of halogens is 1. The lowest BCUT2D eigenvalue weighted by atomic mass is 10.3. The van der Waals surface area contributed by atoms with Crippen molar-refractivity contribution in [2.24, 2.45) is 0 Å². The van der Waals surface area contributed by atoms with Gasteiger partial charge in [-0.25, -0.2) is 12.8 Å². The highest BCUT2D eigenvalue weighted by molar-refractivity contribution is 7.89. The molecule has 9 heteroatoms. The quantitative estimate of drug-likeness (QED) is 0.741. The zero-order chi connectivity index (χ0) is 20.9. The monoisotopic (exact) mass is 421 g/mol. The van der Waals surface area contributed by atoms with Gasteiger partial charge in [-0.15, -0.1) is 0 Å². The minimum absolute atomic E-state index is 0.131. The lowest BCUT2D eigenvalue weighted by molar-refractivity contribution is -0.118. The summed E-state index contributed by atoms with van der Waals surface area (Å²) in [4.78, 5) is 14.4. The molecule has 1 N–H and O–H groups in total. The zero-order valence-corrected chi connectivity index (χ0v) is 17.0. The molecule has 1 heterocycles. The van der Waals surface area contributed by atoms with Crippen LogP contribution < -0.4 is 10.1 Å². The summed E-state index contributed by atoms with van der Waals surface area (Å²) in [5.41, 5.74) is 0.353. The first kappa shape index (κ1) is 21.2. The minimum Gasteiger partial charge on any atom is -0.484 e. The maximum absolute atomic E-state index is 13.1. The SMILES string of the molecule is CCN1CCN(S(=O)(=O)c2cccc(NC(=O)COc3cccc(F)c3)c2)CC1. The third kappa shape index (κ3) is 5.53. The van der Waals surface area contributed by atoms with Gasteiger partial charge in [0.1, 0.15) is 11.6 Å². The van der Waals surface area contributed by atoms with Crippen molar-refractivity contribution in [3.8, 4) is 5.75 Å². The molecule has 0 unspecified atom stereocenters. The van der Waals surface area contributed by atoms with E-state index in [2.05, 4.69) is 10.2 Å². The number of rotatable bonds is 7. The first-order chi connectivity index (χ1) is 13.9. The van der Waals surface area contributed by atoms with Gasteiger partial charge >= 0.3 is 0 Å². The molecule has 0 radical (unpaired) electrons. The maximum atomic E-state index is 13.1. The number of likely N-dealkylation sites (N-methyl/N-ethyl adjacent to an activating group) is 1. The van der Waals surface area contributed by atoms with Crippen LogP contribution in [0.25, 0.3) is 0 Å². The number of carbonyl (C=O) groups is 1. The fraction of sp³-hybridized carbons (Fsp3) is 0.350. The van der Waals surface area contributed by atoms with Gasteiger partial charge in [-0.2, -0.15) is 4.31 Å². The van der Waals surface area contributed by atoms with E-state index in [0.717, 1.165) is 6.54 Å². The van der Waals surface area contributed by atoms with Crippen molar-refractivity contribution >= 4 is 21.6 Å². The molecule has 1 saturated heterocycles. The zero-order valence-electron chi connectivity index (χ0n) is 16.2. The van der Waals surface area contributed by atoms with Crippen molar-refractivity contribution in [1.29, 1.82) is 0 Å². The molecule has 1 aliphatic rings. The van der Waals surface area contributed by atoms with Crippen molar-refractivity contribution < 1.29 is 22.3 Å². The van der Waals surface area contributed by atoms with Crippen LogP contribution in [0.4, 0.5) is 10.1 Å². The van der Waals surface area contributed by atoms with E-state index >= 15 is 0 Å². The van der Waals surface area contributed by atoms with Crippen LogP contribution in [0, 0.1) is 5.82 Å². The number of sulfonamides is 1. The summed E-state index contributed by atoms with van der Waals surface area (Å²) in [5.74, 6) is -0.691. The minimum atomic E-state index is -3.63. The third-order valence-corrected chi connectivity index (χ3v) is 6.59. The number of anilines is 1. The van der Waals surface area contributed by atoms with E-state index in [9.17, 15) is 17.6 Å². The number of nitrogens with zero attached hydrogens (tertiary/aromatic N) is 2. The Labute approximate surface area is 170 Å². The molecular formula is C20H24FN3O4S. The summed E-state index contributed by atoms with van der Waals surface area (Å²) in [7, 11) is -3.63. The van der Waals surface area contributed by atoms with Crippen molar-refractivity contribution in [2.75, 3.05) is 44.6 Å². The van der Waals surface area contributed by atoms with Crippen LogP contribution in [0.3, 0.4) is 0 Å². The third-order valence-electron chi connectivity index (χ3n) is 4.70. The van der Waals surface area contributed by atoms with Gasteiger partial charge in [0.25, 0.3) is 5.91 Å². The van der Waals surface area contributed by atoms with Crippen molar-refractivity contribution in [3.63, 3.8) is 0 Å². The van der Waals surface area contributed by atoms with Crippen LogP contribution in [-0.4, -0.2) is 62.9 Å². The van der Waals surface area contributed by atoms with E-state index < -0.39 is 21.7 Å². The molecule has 2 aromatic rings.